The molecule has 2 rings (SSSR count). The number of ether oxygens (including phenoxy) is 1. The molecule has 0 spiro atoms. The van der Waals surface area contributed by atoms with E-state index >= 15 is 0 Å². The molecule has 0 unspecified atom stereocenters. The van der Waals surface area contributed by atoms with Gasteiger partial charge in [-0.1, -0.05) is 42.5 Å². The third-order valence-electron chi connectivity index (χ3n) is 3.06. The summed E-state index contributed by atoms with van der Waals surface area (Å²) in [7, 11) is 0. The van der Waals surface area contributed by atoms with Crippen LogP contribution in [0.4, 0.5) is 0 Å². The Kier molecular flexibility index (Phi) is 4.23. The molecule has 0 saturated heterocycles. The van der Waals surface area contributed by atoms with Gasteiger partial charge in [-0.3, -0.25) is 0 Å². The smallest absolute Gasteiger partial charge is 0.120 e. The lowest BCUT2D eigenvalue weighted by Crippen LogP contribution is -2.37. The molecule has 0 radical (unpaired) electrons. The van der Waals surface area contributed by atoms with Gasteiger partial charge in [-0.25, -0.2) is 0 Å². The van der Waals surface area contributed by atoms with Crippen molar-refractivity contribution in [3.8, 4) is 5.75 Å². The molecule has 0 atom stereocenters. The van der Waals surface area contributed by atoms with Gasteiger partial charge in [-0.2, -0.15) is 0 Å². The van der Waals surface area contributed by atoms with E-state index in [9.17, 15) is 0 Å². The van der Waals surface area contributed by atoms with E-state index in [0.29, 0.717) is 6.54 Å². The lowest BCUT2D eigenvalue weighted by Gasteiger charge is -2.24. The molecule has 0 aliphatic rings. The highest BCUT2D eigenvalue weighted by Crippen LogP contribution is 2.19. The SMILES string of the molecule is CC(C)(CN)Oc1ccc(Cc2ccccc2)cc1. The van der Waals surface area contributed by atoms with Gasteiger partial charge in [0.25, 0.3) is 0 Å². The maximum atomic E-state index is 5.83. The second-order valence-corrected chi connectivity index (χ2v) is 5.37. The van der Waals surface area contributed by atoms with Crippen molar-refractivity contribution < 1.29 is 4.74 Å². The lowest BCUT2D eigenvalue weighted by atomic mass is 10.0. The highest BCUT2D eigenvalue weighted by molar-refractivity contribution is 5.31. The maximum absolute atomic E-state index is 5.83. The summed E-state index contributed by atoms with van der Waals surface area (Å²) >= 11 is 0. The monoisotopic (exact) mass is 255 g/mol. The fourth-order valence-corrected chi connectivity index (χ4v) is 1.87. The standard InChI is InChI=1S/C17H21NO/c1-17(2,13-18)19-16-10-8-15(9-11-16)12-14-6-4-3-5-7-14/h3-11H,12-13,18H2,1-2H3. The zero-order chi connectivity index (χ0) is 13.7. The van der Waals surface area contributed by atoms with Gasteiger partial charge < -0.3 is 10.5 Å². The minimum Gasteiger partial charge on any atom is -0.487 e. The summed E-state index contributed by atoms with van der Waals surface area (Å²) in [5.74, 6) is 0.868. The number of rotatable bonds is 5. The van der Waals surface area contributed by atoms with Crippen molar-refractivity contribution in [2.24, 2.45) is 5.73 Å². The largest absolute Gasteiger partial charge is 0.487 e. The van der Waals surface area contributed by atoms with Gasteiger partial charge in [0, 0.05) is 6.54 Å². The Hall–Kier alpha value is -1.80. The van der Waals surface area contributed by atoms with Crippen molar-refractivity contribution in [2.45, 2.75) is 25.9 Å². The Morgan fingerprint density at radius 3 is 2.05 bits per heavy atom. The molecule has 19 heavy (non-hydrogen) atoms. The van der Waals surface area contributed by atoms with Gasteiger partial charge >= 0.3 is 0 Å². The van der Waals surface area contributed by atoms with Gasteiger partial charge in [0.1, 0.15) is 11.4 Å². The molecule has 2 nitrogen and oxygen atoms in total. The van der Waals surface area contributed by atoms with E-state index in [1.165, 1.54) is 11.1 Å². The van der Waals surface area contributed by atoms with E-state index in [2.05, 4.69) is 36.4 Å². The number of benzene rings is 2. The molecule has 0 fully saturated rings. The zero-order valence-corrected chi connectivity index (χ0v) is 11.6. The van der Waals surface area contributed by atoms with E-state index in [1.54, 1.807) is 0 Å². The van der Waals surface area contributed by atoms with Gasteiger partial charge in [0.2, 0.25) is 0 Å². The summed E-state index contributed by atoms with van der Waals surface area (Å²) in [6.45, 7) is 4.48. The van der Waals surface area contributed by atoms with Crippen LogP contribution in [-0.2, 0) is 6.42 Å². The minimum atomic E-state index is -0.319. The Morgan fingerprint density at radius 1 is 0.895 bits per heavy atom. The Balaban J connectivity index is 2.03. The minimum absolute atomic E-state index is 0.319. The van der Waals surface area contributed by atoms with Crippen LogP contribution in [0, 0.1) is 0 Å². The van der Waals surface area contributed by atoms with Crippen LogP contribution in [0.3, 0.4) is 0 Å². The zero-order valence-electron chi connectivity index (χ0n) is 11.6. The van der Waals surface area contributed by atoms with Crippen LogP contribution in [0.5, 0.6) is 5.75 Å². The quantitative estimate of drug-likeness (QED) is 0.888. The van der Waals surface area contributed by atoms with E-state index in [-0.39, 0.29) is 5.60 Å². The van der Waals surface area contributed by atoms with Crippen LogP contribution < -0.4 is 10.5 Å². The van der Waals surface area contributed by atoms with Crippen LogP contribution in [0.1, 0.15) is 25.0 Å². The molecule has 100 valence electrons. The number of nitrogens with two attached hydrogens (primary N) is 1. The molecule has 0 aromatic heterocycles. The van der Waals surface area contributed by atoms with Crippen LogP contribution in [-0.4, -0.2) is 12.1 Å². The van der Waals surface area contributed by atoms with Crippen LogP contribution >= 0.6 is 0 Å². The topological polar surface area (TPSA) is 35.2 Å². The summed E-state index contributed by atoms with van der Waals surface area (Å²) in [4.78, 5) is 0. The van der Waals surface area contributed by atoms with Crippen molar-refractivity contribution in [3.05, 3.63) is 65.7 Å². The molecule has 0 aliphatic carbocycles. The van der Waals surface area contributed by atoms with Crippen molar-refractivity contribution in [2.75, 3.05) is 6.54 Å². The Bertz CT molecular complexity index is 503. The Morgan fingerprint density at radius 2 is 1.47 bits per heavy atom. The van der Waals surface area contributed by atoms with E-state index in [0.717, 1.165) is 12.2 Å². The molecule has 0 bridgehead atoms. The molecular formula is C17H21NO. The lowest BCUT2D eigenvalue weighted by molar-refractivity contribution is 0.119. The first-order chi connectivity index (χ1) is 9.09. The summed E-state index contributed by atoms with van der Waals surface area (Å²) in [6.07, 6.45) is 0.946. The summed E-state index contributed by atoms with van der Waals surface area (Å²) in [6, 6.07) is 18.7. The van der Waals surface area contributed by atoms with E-state index in [1.807, 2.05) is 32.0 Å². The molecule has 0 amide bonds. The highest BCUT2D eigenvalue weighted by atomic mass is 16.5. The molecule has 0 heterocycles. The van der Waals surface area contributed by atoms with Crippen molar-refractivity contribution in [1.82, 2.24) is 0 Å². The average Bonchev–Trinajstić information content (AvgIpc) is 2.42. The van der Waals surface area contributed by atoms with Crippen LogP contribution in [0.25, 0.3) is 0 Å². The first-order valence-electron chi connectivity index (χ1n) is 6.61. The third kappa shape index (κ3) is 4.11. The van der Waals surface area contributed by atoms with Crippen LogP contribution in [0.15, 0.2) is 54.6 Å². The first kappa shape index (κ1) is 13.6. The molecule has 2 aromatic rings. The molecule has 2 N–H and O–H groups in total. The third-order valence-corrected chi connectivity index (χ3v) is 3.06. The number of hydrogen-bond acceptors (Lipinski definition) is 2. The van der Waals surface area contributed by atoms with Crippen molar-refractivity contribution >= 4 is 0 Å². The molecule has 2 aromatic carbocycles. The van der Waals surface area contributed by atoms with Gasteiger partial charge in [0.15, 0.2) is 0 Å². The number of hydrogen-bond donors (Lipinski definition) is 1. The summed E-state index contributed by atoms with van der Waals surface area (Å²) in [5.41, 5.74) is 7.94. The second kappa shape index (κ2) is 5.89. The summed E-state index contributed by atoms with van der Waals surface area (Å²) in [5, 5.41) is 0. The molecular weight excluding hydrogens is 234 g/mol. The van der Waals surface area contributed by atoms with Crippen LogP contribution in [0.2, 0.25) is 0 Å². The van der Waals surface area contributed by atoms with Crippen molar-refractivity contribution in [3.63, 3.8) is 0 Å². The predicted molar refractivity (Wildman–Crippen MR) is 79.5 cm³/mol. The fourth-order valence-electron chi connectivity index (χ4n) is 1.87. The molecule has 0 aliphatic heterocycles. The molecule has 2 heteroatoms. The second-order valence-electron chi connectivity index (χ2n) is 5.37. The fraction of sp³-hybridized carbons (Fsp3) is 0.294. The summed E-state index contributed by atoms with van der Waals surface area (Å²) < 4.78 is 5.83. The Labute approximate surface area is 115 Å². The highest BCUT2D eigenvalue weighted by Gasteiger charge is 2.16. The maximum Gasteiger partial charge on any atom is 0.120 e. The van der Waals surface area contributed by atoms with Gasteiger partial charge in [-0.15, -0.1) is 0 Å². The first-order valence-corrected chi connectivity index (χ1v) is 6.61. The van der Waals surface area contributed by atoms with E-state index in [4.69, 9.17) is 10.5 Å². The normalized spacial score (nSPS) is 11.3. The van der Waals surface area contributed by atoms with E-state index < -0.39 is 0 Å². The van der Waals surface area contributed by atoms with Gasteiger partial charge in [0.05, 0.1) is 0 Å². The predicted octanol–water partition coefficient (Wildman–Crippen LogP) is 3.39. The van der Waals surface area contributed by atoms with Gasteiger partial charge in [-0.05, 0) is 43.5 Å². The molecule has 0 saturated carbocycles. The van der Waals surface area contributed by atoms with Crippen molar-refractivity contribution in [1.29, 1.82) is 0 Å². The average molecular weight is 255 g/mol.